The first-order chi connectivity index (χ1) is 13.4. The van der Waals surface area contributed by atoms with Crippen LogP contribution in [0.3, 0.4) is 0 Å². The molecular weight excluding hydrogens is 396 g/mol. The van der Waals surface area contributed by atoms with E-state index in [9.17, 15) is 4.79 Å². The summed E-state index contributed by atoms with van der Waals surface area (Å²) in [7, 11) is 1.55. The Morgan fingerprint density at radius 3 is 2.71 bits per heavy atom. The van der Waals surface area contributed by atoms with Crippen LogP contribution in [0, 0.1) is 11.8 Å². The molecule has 6 nitrogen and oxygen atoms in total. The lowest BCUT2D eigenvalue weighted by atomic mass is 9.92. The lowest BCUT2D eigenvalue weighted by Crippen LogP contribution is -2.39. The fraction of sp³-hybridized carbons (Fsp3) is 0.450. The van der Waals surface area contributed by atoms with Gasteiger partial charge in [-0.15, -0.1) is 0 Å². The van der Waals surface area contributed by atoms with Crippen LogP contribution >= 0.6 is 23.4 Å². The maximum absolute atomic E-state index is 12.3. The van der Waals surface area contributed by atoms with Crippen molar-refractivity contribution in [3.8, 4) is 5.75 Å². The van der Waals surface area contributed by atoms with Crippen LogP contribution in [0.2, 0.25) is 5.02 Å². The smallest absolute Gasteiger partial charge is 0.234 e. The van der Waals surface area contributed by atoms with E-state index in [1.807, 2.05) is 6.07 Å². The van der Waals surface area contributed by atoms with Gasteiger partial charge in [0.15, 0.2) is 0 Å². The third-order valence-corrected chi connectivity index (χ3v) is 5.83. The lowest BCUT2D eigenvalue weighted by molar-refractivity contribution is -0.113. The number of hydrogen-bond donors (Lipinski definition) is 1. The SMILES string of the molecule is COc1ccc(NC(=O)CSc2cc(N3CC(C)CC(C)C3)ncn2)cc1Cl. The molecule has 28 heavy (non-hydrogen) atoms. The van der Waals surface area contributed by atoms with Gasteiger partial charge in [0.05, 0.1) is 17.9 Å². The van der Waals surface area contributed by atoms with Crippen LogP contribution in [0.4, 0.5) is 11.5 Å². The average molecular weight is 421 g/mol. The summed E-state index contributed by atoms with van der Waals surface area (Å²) in [6, 6.07) is 7.12. The number of carbonyl (C=O) groups is 1. The van der Waals surface area contributed by atoms with Crippen molar-refractivity contribution >= 4 is 40.8 Å². The second-order valence-electron chi connectivity index (χ2n) is 7.25. The molecule has 3 rings (SSSR count). The van der Waals surface area contributed by atoms with E-state index in [0.717, 1.165) is 23.9 Å². The van der Waals surface area contributed by atoms with E-state index in [1.54, 1.807) is 31.6 Å². The number of aromatic nitrogens is 2. The first-order valence-corrected chi connectivity index (χ1v) is 10.6. The number of halogens is 1. The molecule has 2 aromatic rings. The largest absolute Gasteiger partial charge is 0.495 e. The number of piperidine rings is 1. The number of anilines is 2. The fourth-order valence-corrected chi connectivity index (χ4v) is 4.43. The average Bonchev–Trinajstić information content (AvgIpc) is 2.66. The molecule has 1 aromatic heterocycles. The zero-order valence-corrected chi connectivity index (χ0v) is 17.9. The van der Waals surface area contributed by atoms with Gasteiger partial charge >= 0.3 is 0 Å². The second-order valence-corrected chi connectivity index (χ2v) is 8.65. The number of benzene rings is 1. The number of nitrogens with zero attached hydrogens (tertiary/aromatic N) is 3. The van der Waals surface area contributed by atoms with Crippen molar-refractivity contribution in [1.29, 1.82) is 0 Å². The van der Waals surface area contributed by atoms with Crippen molar-refractivity contribution in [2.24, 2.45) is 11.8 Å². The van der Waals surface area contributed by atoms with Gasteiger partial charge in [0.25, 0.3) is 0 Å². The van der Waals surface area contributed by atoms with Crippen molar-refractivity contribution in [3.05, 3.63) is 35.6 Å². The molecule has 1 amide bonds. The molecule has 2 unspecified atom stereocenters. The molecule has 0 saturated carbocycles. The van der Waals surface area contributed by atoms with Crippen LogP contribution in [-0.2, 0) is 4.79 Å². The molecule has 1 aliphatic rings. The van der Waals surface area contributed by atoms with Crippen LogP contribution in [0.15, 0.2) is 35.6 Å². The highest BCUT2D eigenvalue weighted by Crippen LogP contribution is 2.28. The lowest BCUT2D eigenvalue weighted by Gasteiger charge is -2.35. The van der Waals surface area contributed by atoms with Gasteiger partial charge in [-0.3, -0.25) is 4.79 Å². The molecule has 1 aromatic carbocycles. The summed E-state index contributed by atoms with van der Waals surface area (Å²) in [6.45, 7) is 6.55. The summed E-state index contributed by atoms with van der Waals surface area (Å²) in [5, 5.41) is 4.09. The van der Waals surface area contributed by atoms with Gasteiger partial charge in [-0.1, -0.05) is 37.2 Å². The summed E-state index contributed by atoms with van der Waals surface area (Å²) < 4.78 is 5.12. The number of hydrogen-bond acceptors (Lipinski definition) is 6. The van der Waals surface area contributed by atoms with Gasteiger partial charge in [0.1, 0.15) is 22.9 Å². The number of ether oxygens (including phenoxy) is 1. The topological polar surface area (TPSA) is 67.3 Å². The summed E-state index contributed by atoms with van der Waals surface area (Å²) >= 11 is 7.49. The maximum atomic E-state index is 12.3. The highest BCUT2D eigenvalue weighted by atomic mass is 35.5. The van der Waals surface area contributed by atoms with E-state index in [1.165, 1.54) is 18.2 Å². The van der Waals surface area contributed by atoms with E-state index in [4.69, 9.17) is 16.3 Å². The Bertz CT molecular complexity index is 826. The Labute approximate surface area is 175 Å². The molecule has 0 aliphatic carbocycles. The number of nitrogens with one attached hydrogen (secondary N) is 1. The Morgan fingerprint density at radius 2 is 2.04 bits per heavy atom. The van der Waals surface area contributed by atoms with Crippen LogP contribution < -0.4 is 15.0 Å². The molecule has 2 heterocycles. The van der Waals surface area contributed by atoms with E-state index >= 15 is 0 Å². The first kappa shape index (κ1) is 20.7. The summed E-state index contributed by atoms with van der Waals surface area (Å²) in [5.41, 5.74) is 0.635. The van der Waals surface area contributed by atoms with Crippen LogP contribution in [-0.4, -0.2) is 41.8 Å². The minimum Gasteiger partial charge on any atom is -0.495 e. The van der Waals surface area contributed by atoms with E-state index in [0.29, 0.717) is 28.3 Å². The molecule has 0 spiro atoms. The Balaban J connectivity index is 1.57. The van der Waals surface area contributed by atoms with Gasteiger partial charge in [-0.2, -0.15) is 0 Å². The van der Waals surface area contributed by atoms with Gasteiger partial charge in [0, 0.05) is 24.8 Å². The van der Waals surface area contributed by atoms with Crippen molar-refractivity contribution in [1.82, 2.24) is 9.97 Å². The molecule has 1 N–H and O–H groups in total. The van der Waals surface area contributed by atoms with Crippen LogP contribution in [0.1, 0.15) is 20.3 Å². The number of thioether (sulfide) groups is 1. The van der Waals surface area contributed by atoms with Crippen molar-refractivity contribution in [2.75, 3.05) is 36.2 Å². The van der Waals surface area contributed by atoms with Gasteiger partial charge in [-0.05, 0) is 36.5 Å². The zero-order chi connectivity index (χ0) is 20.1. The van der Waals surface area contributed by atoms with Crippen molar-refractivity contribution in [3.63, 3.8) is 0 Å². The number of rotatable bonds is 6. The predicted molar refractivity (Wildman–Crippen MR) is 115 cm³/mol. The normalized spacial score (nSPS) is 19.4. The van der Waals surface area contributed by atoms with Gasteiger partial charge in [-0.25, -0.2) is 9.97 Å². The highest BCUT2D eigenvalue weighted by Gasteiger charge is 2.23. The molecule has 1 aliphatic heterocycles. The minimum absolute atomic E-state index is 0.119. The second kappa shape index (κ2) is 9.47. The number of methoxy groups -OCH3 is 1. The molecule has 0 bridgehead atoms. The predicted octanol–water partition coefficient (Wildman–Crippen LogP) is 4.35. The van der Waals surface area contributed by atoms with Crippen molar-refractivity contribution in [2.45, 2.75) is 25.3 Å². The molecular formula is C20H25ClN4O2S. The molecule has 8 heteroatoms. The highest BCUT2D eigenvalue weighted by molar-refractivity contribution is 7.99. The molecule has 1 saturated heterocycles. The third kappa shape index (κ3) is 5.52. The number of amides is 1. The summed E-state index contributed by atoms with van der Waals surface area (Å²) in [5.74, 6) is 2.94. The Kier molecular flexibility index (Phi) is 7.02. The number of carbonyl (C=O) groups excluding carboxylic acids is 1. The van der Waals surface area contributed by atoms with Crippen LogP contribution in [0.25, 0.3) is 0 Å². The molecule has 150 valence electrons. The summed E-state index contributed by atoms with van der Waals surface area (Å²) in [6.07, 6.45) is 2.82. The third-order valence-electron chi connectivity index (χ3n) is 4.61. The maximum Gasteiger partial charge on any atom is 0.234 e. The Hall–Kier alpha value is -1.99. The first-order valence-electron chi connectivity index (χ1n) is 9.27. The van der Waals surface area contributed by atoms with Gasteiger partial charge in [0.2, 0.25) is 5.91 Å². The minimum atomic E-state index is -0.119. The molecule has 2 atom stereocenters. The van der Waals surface area contributed by atoms with Crippen LogP contribution in [0.5, 0.6) is 5.75 Å². The monoisotopic (exact) mass is 420 g/mol. The van der Waals surface area contributed by atoms with Gasteiger partial charge < -0.3 is 15.0 Å². The Morgan fingerprint density at radius 1 is 1.29 bits per heavy atom. The molecule has 1 fully saturated rings. The summed E-state index contributed by atoms with van der Waals surface area (Å²) in [4.78, 5) is 23.3. The fourth-order valence-electron chi connectivity index (χ4n) is 3.51. The molecule has 0 radical (unpaired) electrons. The van der Waals surface area contributed by atoms with Crippen molar-refractivity contribution < 1.29 is 9.53 Å². The van der Waals surface area contributed by atoms with E-state index in [2.05, 4.69) is 34.0 Å². The van der Waals surface area contributed by atoms with E-state index < -0.39 is 0 Å². The van der Waals surface area contributed by atoms with E-state index in [-0.39, 0.29) is 11.7 Å². The quantitative estimate of drug-likeness (QED) is 0.553. The zero-order valence-electron chi connectivity index (χ0n) is 16.3. The standard InChI is InChI=1S/C20H25ClN4O2S/c1-13-6-14(2)10-25(9-13)18-8-20(23-12-22-18)28-11-19(26)24-15-4-5-17(27-3)16(21)7-15/h4-5,7-8,12-14H,6,9-11H2,1-3H3,(H,24,26).